The molecular weight excluding hydrogens is 228 g/mol. The quantitative estimate of drug-likeness (QED) is 0.664. The van der Waals surface area contributed by atoms with Crippen LogP contribution in [0.5, 0.6) is 5.75 Å². The SMILES string of the molecule is CCC(CC)COCC(=O)c1ccc(OC)cc1. The van der Waals surface area contributed by atoms with Crippen LogP contribution in [-0.4, -0.2) is 26.1 Å². The molecule has 0 saturated carbocycles. The lowest BCUT2D eigenvalue weighted by Gasteiger charge is -2.12. The van der Waals surface area contributed by atoms with Crippen molar-refractivity contribution in [2.75, 3.05) is 20.3 Å². The fraction of sp³-hybridized carbons (Fsp3) is 0.533. The number of hydrogen-bond acceptors (Lipinski definition) is 3. The molecule has 0 aliphatic heterocycles. The van der Waals surface area contributed by atoms with E-state index in [1.54, 1.807) is 31.4 Å². The van der Waals surface area contributed by atoms with E-state index in [4.69, 9.17) is 9.47 Å². The number of Topliss-reactive ketones (excluding diaryl/α,β-unsaturated/α-hetero) is 1. The molecule has 0 spiro atoms. The molecule has 0 saturated heterocycles. The van der Waals surface area contributed by atoms with Crippen LogP contribution in [0.4, 0.5) is 0 Å². The molecule has 1 aromatic rings. The minimum atomic E-state index is 0.0172. The Kier molecular flexibility index (Phi) is 6.44. The molecule has 1 aromatic carbocycles. The molecule has 0 amide bonds. The second-order valence-corrected chi connectivity index (χ2v) is 4.35. The highest BCUT2D eigenvalue weighted by molar-refractivity contribution is 5.97. The molecule has 18 heavy (non-hydrogen) atoms. The van der Waals surface area contributed by atoms with Crippen molar-refractivity contribution in [3.05, 3.63) is 29.8 Å². The lowest BCUT2D eigenvalue weighted by atomic mass is 10.1. The van der Waals surface area contributed by atoms with E-state index in [1.165, 1.54) is 0 Å². The summed E-state index contributed by atoms with van der Waals surface area (Å²) in [5.41, 5.74) is 0.667. The van der Waals surface area contributed by atoms with Crippen LogP contribution in [0.15, 0.2) is 24.3 Å². The second kappa shape index (κ2) is 7.88. The molecule has 0 fully saturated rings. The zero-order chi connectivity index (χ0) is 13.4. The minimum Gasteiger partial charge on any atom is -0.497 e. The van der Waals surface area contributed by atoms with Crippen LogP contribution in [-0.2, 0) is 4.74 Å². The van der Waals surface area contributed by atoms with Crippen molar-refractivity contribution in [1.82, 2.24) is 0 Å². The third kappa shape index (κ3) is 4.49. The van der Waals surface area contributed by atoms with E-state index in [2.05, 4.69) is 13.8 Å². The summed E-state index contributed by atoms with van der Waals surface area (Å²) in [5, 5.41) is 0. The van der Waals surface area contributed by atoms with Gasteiger partial charge in [0.25, 0.3) is 0 Å². The molecule has 0 atom stereocenters. The number of hydrogen-bond donors (Lipinski definition) is 0. The topological polar surface area (TPSA) is 35.5 Å². The van der Waals surface area contributed by atoms with Crippen LogP contribution < -0.4 is 4.74 Å². The number of methoxy groups -OCH3 is 1. The fourth-order valence-corrected chi connectivity index (χ4v) is 1.70. The normalized spacial score (nSPS) is 10.7. The summed E-state index contributed by atoms with van der Waals surface area (Å²) < 4.78 is 10.5. The van der Waals surface area contributed by atoms with Crippen molar-refractivity contribution < 1.29 is 14.3 Å². The third-order valence-electron chi connectivity index (χ3n) is 3.15. The first-order valence-electron chi connectivity index (χ1n) is 6.46. The Bertz CT molecular complexity index is 353. The second-order valence-electron chi connectivity index (χ2n) is 4.35. The molecule has 0 heterocycles. The van der Waals surface area contributed by atoms with E-state index in [-0.39, 0.29) is 12.4 Å². The van der Waals surface area contributed by atoms with Crippen LogP contribution in [0.3, 0.4) is 0 Å². The predicted molar refractivity (Wildman–Crippen MR) is 72.2 cm³/mol. The molecule has 0 unspecified atom stereocenters. The molecule has 3 nitrogen and oxygen atoms in total. The Hall–Kier alpha value is -1.35. The molecule has 0 aromatic heterocycles. The van der Waals surface area contributed by atoms with Crippen molar-refractivity contribution in [2.45, 2.75) is 26.7 Å². The van der Waals surface area contributed by atoms with Crippen LogP contribution in [0.2, 0.25) is 0 Å². The van der Waals surface area contributed by atoms with Crippen molar-refractivity contribution >= 4 is 5.78 Å². The predicted octanol–water partition coefficient (Wildman–Crippen LogP) is 3.33. The van der Waals surface area contributed by atoms with E-state index in [0.29, 0.717) is 18.1 Å². The summed E-state index contributed by atoms with van der Waals surface area (Å²) in [6.45, 7) is 5.10. The molecule has 100 valence electrons. The van der Waals surface area contributed by atoms with Crippen molar-refractivity contribution in [3.8, 4) is 5.75 Å². The number of carbonyl (C=O) groups is 1. The van der Waals surface area contributed by atoms with Gasteiger partial charge < -0.3 is 9.47 Å². The Labute approximate surface area is 109 Å². The third-order valence-corrected chi connectivity index (χ3v) is 3.15. The number of ketones is 1. The molecule has 3 heteroatoms. The van der Waals surface area contributed by atoms with Crippen molar-refractivity contribution in [1.29, 1.82) is 0 Å². The molecular formula is C15H22O3. The molecule has 1 rings (SSSR count). The monoisotopic (exact) mass is 250 g/mol. The zero-order valence-corrected chi connectivity index (χ0v) is 11.4. The van der Waals surface area contributed by atoms with E-state index in [9.17, 15) is 4.79 Å². The maximum Gasteiger partial charge on any atom is 0.188 e. The van der Waals surface area contributed by atoms with E-state index < -0.39 is 0 Å². The van der Waals surface area contributed by atoms with E-state index in [1.807, 2.05) is 0 Å². The standard InChI is InChI=1S/C15H22O3/c1-4-12(5-2)10-18-11-15(16)13-6-8-14(17-3)9-7-13/h6-9,12H,4-5,10-11H2,1-3H3. The Morgan fingerprint density at radius 3 is 2.28 bits per heavy atom. The van der Waals surface area contributed by atoms with Crippen LogP contribution in [0.25, 0.3) is 0 Å². The minimum absolute atomic E-state index is 0.0172. The molecule has 0 aliphatic carbocycles. The molecule has 0 N–H and O–H groups in total. The summed E-state index contributed by atoms with van der Waals surface area (Å²) in [6, 6.07) is 7.10. The van der Waals surface area contributed by atoms with Gasteiger partial charge in [0, 0.05) is 12.2 Å². The first kappa shape index (κ1) is 14.7. The van der Waals surface area contributed by atoms with Crippen LogP contribution >= 0.6 is 0 Å². The van der Waals surface area contributed by atoms with E-state index >= 15 is 0 Å². The molecule has 0 radical (unpaired) electrons. The highest BCUT2D eigenvalue weighted by atomic mass is 16.5. The first-order chi connectivity index (χ1) is 8.71. The first-order valence-corrected chi connectivity index (χ1v) is 6.46. The van der Waals surface area contributed by atoms with Gasteiger partial charge in [-0.15, -0.1) is 0 Å². The number of rotatable bonds is 8. The summed E-state index contributed by atoms with van der Waals surface area (Å²) in [6.07, 6.45) is 2.18. The summed E-state index contributed by atoms with van der Waals surface area (Å²) in [7, 11) is 1.61. The zero-order valence-electron chi connectivity index (χ0n) is 11.4. The fourth-order valence-electron chi connectivity index (χ4n) is 1.70. The Morgan fingerprint density at radius 1 is 1.17 bits per heavy atom. The lowest BCUT2D eigenvalue weighted by Crippen LogP contribution is -2.14. The summed E-state index contributed by atoms with van der Waals surface area (Å²) >= 11 is 0. The van der Waals surface area contributed by atoms with Gasteiger partial charge in [-0.2, -0.15) is 0 Å². The van der Waals surface area contributed by atoms with Crippen LogP contribution in [0, 0.1) is 5.92 Å². The summed E-state index contributed by atoms with van der Waals surface area (Å²) in [5.74, 6) is 1.32. The molecule has 0 bridgehead atoms. The van der Waals surface area contributed by atoms with Gasteiger partial charge in [0.15, 0.2) is 5.78 Å². The number of carbonyl (C=O) groups excluding carboxylic acids is 1. The van der Waals surface area contributed by atoms with Gasteiger partial charge in [0.2, 0.25) is 0 Å². The average molecular weight is 250 g/mol. The van der Waals surface area contributed by atoms with Gasteiger partial charge in [-0.05, 0) is 30.2 Å². The highest BCUT2D eigenvalue weighted by Crippen LogP contribution is 2.12. The average Bonchev–Trinajstić information content (AvgIpc) is 2.43. The van der Waals surface area contributed by atoms with Gasteiger partial charge in [-0.25, -0.2) is 0 Å². The van der Waals surface area contributed by atoms with Crippen LogP contribution in [0.1, 0.15) is 37.0 Å². The maximum absolute atomic E-state index is 11.8. The number of benzene rings is 1. The maximum atomic E-state index is 11.8. The van der Waals surface area contributed by atoms with Gasteiger partial charge in [0.05, 0.1) is 7.11 Å². The smallest absolute Gasteiger partial charge is 0.188 e. The van der Waals surface area contributed by atoms with Gasteiger partial charge in [-0.3, -0.25) is 4.79 Å². The number of ether oxygens (including phenoxy) is 2. The molecule has 0 aliphatic rings. The van der Waals surface area contributed by atoms with Gasteiger partial charge >= 0.3 is 0 Å². The van der Waals surface area contributed by atoms with Gasteiger partial charge in [0.1, 0.15) is 12.4 Å². The summed E-state index contributed by atoms with van der Waals surface area (Å²) in [4.78, 5) is 11.8. The lowest BCUT2D eigenvalue weighted by molar-refractivity contribution is 0.0666. The largest absolute Gasteiger partial charge is 0.497 e. The highest BCUT2D eigenvalue weighted by Gasteiger charge is 2.08. The Morgan fingerprint density at radius 2 is 1.78 bits per heavy atom. The Balaban J connectivity index is 2.40. The van der Waals surface area contributed by atoms with Gasteiger partial charge in [-0.1, -0.05) is 26.7 Å². The van der Waals surface area contributed by atoms with Crippen molar-refractivity contribution in [3.63, 3.8) is 0 Å². The van der Waals surface area contributed by atoms with Crippen molar-refractivity contribution in [2.24, 2.45) is 5.92 Å². The van der Waals surface area contributed by atoms with E-state index in [0.717, 1.165) is 18.6 Å².